The Balaban J connectivity index is 2.10. The summed E-state index contributed by atoms with van der Waals surface area (Å²) in [7, 11) is 0. The van der Waals surface area contributed by atoms with E-state index in [4.69, 9.17) is 11.6 Å². The Morgan fingerprint density at radius 3 is 3.00 bits per heavy atom. The van der Waals surface area contributed by atoms with Crippen LogP contribution in [0.2, 0.25) is 0 Å². The van der Waals surface area contributed by atoms with Crippen LogP contribution in [-0.2, 0) is 6.54 Å². The van der Waals surface area contributed by atoms with Gasteiger partial charge in [-0.15, -0.1) is 22.9 Å². The SMILES string of the molecule is CCC(Cl)CCNCc1csc(C)n1. The third-order valence-corrected chi connectivity index (χ3v) is 3.40. The molecule has 1 atom stereocenters. The molecule has 1 rings (SSSR count). The highest BCUT2D eigenvalue weighted by atomic mass is 35.5. The predicted molar refractivity (Wildman–Crippen MR) is 63.1 cm³/mol. The Bertz CT molecular complexity index is 262. The molecule has 0 radical (unpaired) electrons. The fourth-order valence-corrected chi connectivity index (χ4v) is 1.89. The molecule has 0 fully saturated rings. The van der Waals surface area contributed by atoms with Gasteiger partial charge in [-0.25, -0.2) is 4.98 Å². The summed E-state index contributed by atoms with van der Waals surface area (Å²) in [6.07, 6.45) is 2.07. The van der Waals surface area contributed by atoms with Crippen LogP contribution in [0.5, 0.6) is 0 Å². The zero-order valence-corrected chi connectivity index (χ0v) is 10.3. The summed E-state index contributed by atoms with van der Waals surface area (Å²) in [5.41, 5.74) is 1.13. The average molecular weight is 233 g/mol. The standard InChI is InChI=1S/C10H17ClN2S/c1-3-9(11)4-5-12-6-10-7-14-8(2)13-10/h7,9,12H,3-6H2,1-2H3. The number of aromatic nitrogens is 1. The fourth-order valence-electron chi connectivity index (χ4n) is 1.17. The highest BCUT2D eigenvalue weighted by molar-refractivity contribution is 7.09. The Morgan fingerprint density at radius 1 is 1.64 bits per heavy atom. The number of rotatable bonds is 6. The van der Waals surface area contributed by atoms with Gasteiger partial charge in [0, 0.05) is 17.3 Å². The van der Waals surface area contributed by atoms with Crippen LogP contribution < -0.4 is 5.32 Å². The molecule has 0 aliphatic heterocycles. The maximum Gasteiger partial charge on any atom is 0.0897 e. The van der Waals surface area contributed by atoms with Crippen molar-refractivity contribution in [3.05, 3.63) is 16.1 Å². The summed E-state index contributed by atoms with van der Waals surface area (Å²) >= 11 is 7.69. The van der Waals surface area contributed by atoms with Gasteiger partial charge in [-0.2, -0.15) is 0 Å². The van der Waals surface area contributed by atoms with Gasteiger partial charge in [-0.1, -0.05) is 6.92 Å². The van der Waals surface area contributed by atoms with Crippen LogP contribution >= 0.6 is 22.9 Å². The lowest BCUT2D eigenvalue weighted by molar-refractivity contribution is 0.616. The molecule has 0 spiro atoms. The lowest BCUT2D eigenvalue weighted by Gasteiger charge is -2.06. The van der Waals surface area contributed by atoms with Gasteiger partial charge < -0.3 is 5.32 Å². The number of thiazole rings is 1. The van der Waals surface area contributed by atoms with E-state index in [1.54, 1.807) is 11.3 Å². The van der Waals surface area contributed by atoms with Gasteiger partial charge >= 0.3 is 0 Å². The molecule has 2 nitrogen and oxygen atoms in total. The number of aryl methyl sites for hydroxylation is 1. The van der Waals surface area contributed by atoms with E-state index in [0.29, 0.717) is 5.38 Å². The second kappa shape index (κ2) is 6.38. The van der Waals surface area contributed by atoms with Crippen molar-refractivity contribution >= 4 is 22.9 Å². The van der Waals surface area contributed by atoms with Gasteiger partial charge in [-0.05, 0) is 26.3 Å². The molecule has 1 unspecified atom stereocenters. The van der Waals surface area contributed by atoms with Crippen LogP contribution in [-0.4, -0.2) is 16.9 Å². The Hall–Kier alpha value is -0.120. The zero-order valence-electron chi connectivity index (χ0n) is 8.72. The fraction of sp³-hybridized carbons (Fsp3) is 0.700. The lowest BCUT2D eigenvalue weighted by Crippen LogP contribution is -2.17. The first-order valence-electron chi connectivity index (χ1n) is 4.98. The molecule has 0 amide bonds. The first-order chi connectivity index (χ1) is 6.72. The van der Waals surface area contributed by atoms with Gasteiger partial charge in [0.2, 0.25) is 0 Å². The molecule has 14 heavy (non-hydrogen) atoms. The molecule has 0 saturated heterocycles. The normalized spacial score (nSPS) is 13.1. The van der Waals surface area contributed by atoms with Crippen molar-refractivity contribution in [3.8, 4) is 0 Å². The Labute approximate surface area is 94.7 Å². The van der Waals surface area contributed by atoms with Gasteiger partial charge in [-0.3, -0.25) is 0 Å². The molecule has 1 aromatic heterocycles. The van der Waals surface area contributed by atoms with E-state index in [1.807, 2.05) is 6.92 Å². The summed E-state index contributed by atoms with van der Waals surface area (Å²) in [6.45, 7) is 5.97. The quantitative estimate of drug-likeness (QED) is 0.603. The smallest absolute Gasteiger partial charge is 0.0897 e. The maximum absolute atomic E-state index is 6.00. The molecule has 0 saturated carbocycles. The summed E-state index contributed by atoms with van der Waals surface area (Å²) in [4.78, 5) is 4.37. The van der Waals surface area contributed by atoms with Crippen LogP contribution in [0, 0.1) is 6.92 Å². The molecule has 1 heterocycles. The number of alkyl halides is 1. The minimum absolute atomic E-state index is 0.305. The van der Waals surface area contributed by atoms with Crippen LogP contribution in [0.1, 0.15) is 30.5 Å². The van der Waals surface area contributed by atoms with Crippen molar-refractivity contribution in [2.24, 2.45) is 0 Å². The largest absolute Gasteiger partial charge is 0.311 e. The monoisotopic (exact) mass is 232 g/mol. The zero-order chi connectivity index (χ0) is 10.4. The van der Waals surface area contributed by atoms with Crippen molar-refractivity contribution < 1.29 is 0 Å². The van der Waals surface area contributed by atoms with Crippen molar-refractivity contribution in [2.75, 3.05) is 6.54 Å². The first-order valence-corrected chi connectivity index (χ1v) is 6.29. The van der Waals surface area contributed by atoms with Crippen molar-refractivity contribution in [1.82, 2.24) is 10.3 Å². The summed E-state index contributed by atoms with van der Waals surface area (Å²) < 4.78 is 0. The van der Waals surface area contributed by atoms with Crippen molar-refractivity contribution in [3.63, 3.8) is 0 Å². The number of halogens is 1. The maximum atomic E-state index is 6.00. The molecule has 0 aromatic carbocycles. The van der Waals surface area contributed by atoms with Gasteiger partial charge in [0.05, 0.1) is 10.7 Å². The first kappa shape index (κ1) is 12.0. The Morgan fingerprint density at radius 2 is 2.43 bits per heavy atom. The minimum Gasteiger partial charge on any atom is -0.311 e. The third kappa shape index (κ3) is 4.40. The molecule has 4 heteroatoms. The minimum atomic E-state index is 0.305. The molecular formula is C10H17ClN2S. The van der Waals surface area contributed by atoms with E-state index in [0.717, 1.165) is 36.6 Å². The molecule has 0 aliphatic rings. The van der Waals surface area contributed by atoms with Crippen LogP contribution in [0.25, 0.3) is 0 Å². The van der Waals surface area contributed by atoms with Crippen molar-refractivity contribution in [2.45, 2.75) is 38.6 Å². The van der Waals surface area contributed by atoms with E-state index in [-0.39, 0.29) is 0 Å². The van der Waals surface area contributed by atoms with E-state index < -0.39 is 0 Å². The number of hydrogen-bond acceptors (Lipinski definition) is 3. The summed E-state index contributed by atoms with van der Waals surface area (Å²) in [6, 6.07) is 0. The van der Waals surface area contributed by atoms with Gasteiger partial charge in [0.1, 0.15) is 0 Å². The van der Waals surface area contributed by atoms with E-state index in [9.17, 15) is 0 Å². The molecule has 0 aliphatic carbocycles. The van der Waals surface area contributed by atoms with Gasteiger partial charge in [0.25, 0.3) is 0 Å². The predicted octanol–water partition coefficient (Wildman–Crippen LogP) is 2.95. The Kier molecular flexibility index (Phi) is 5.45. The van der Waals surface area contributed by atoms with Gasteiger partial charge in [0.15, 0.2) is 0 Å². The molecule has 1 N–H and O–H groups in total. The molecule has 1 aromatic rings. The average Bonchev–Trinajstić information content (AvgIpc) is 2.58. The van der Waals surface area contributed by atoms with Crippen LogP contribution in [0.4, 0.5) is 0 Å². The number of hydrogen-bond donors (Lipinski definition) is 1. The molecule has 80 valence electrons. The topological polar surface area (TPSA) is 24.9 Å². The second-order valence-electron chi connectivity index (χ2n) is 3.33. The highest BCUT2D eigenvalue weighted by Gasteiger charge is 2.01. The van der Waals surface area contributed by atoms with Crippen molar-refractivity contribution in [1.29, 1.82) is 0 Å². The third-order valence-electron chi connectivity index (χ3n) is 2.05. The van der Waals surface area contributed by atoms with Crippen LogP contribution in [0.3, 0.4) is 0 Å². The van der Waals surface area contributed by atoms with E-state index >= 15 is 0 Å². The summed E-state index contributed by atoms with van der Waals surface area (Å²) in [5, 5.41) is 6.87. The summed E-state index contributed by atoms with van der Waals surface area (Å²) in [5.74, 6) is 0. The molecular weight excluding hydrogens is 216 g/mol. The highest BCUT2D eigenvalue weighted by Crippen LogP contribution is 2.08. The number of nitrogens with zero attached hydrogens (tertiary/aromatic N) is 1. The molecule has 0 bridgehead atoms. The van der Waals surface area contributed by atoms with E-state index in [2.05, 4.69) is 22.6 Å². The lowest BCUT2D eigenvalue weighted by atomic mass is 10.2. The van der Waals surface area contributed by atoms with Crippen LogP contribution in [0.15, 0.2) is 5.38 Å². The second-order valence-corrected chi connectivity index (χ2v) is 5.01. The van der Waals surface area contributed by atoms with E-state index in [1.165, 1.54) is 0 Å². The number of nitrogens with one attached hydrogen (secondary N) is 1.